The zero-order valence-corrected chi connectivity index (χ0v) is 11.9. The number of hydrogen-bond donors (Lipinski definition) is 1. The smallest absolute Gasteiger partial charge is 0.161 e. The van der Waals surface area contributed by atoms with E-state index in [1.807, 2.05) is 24.3 Å². The topological polar surface area (TPSA) is 33.7 Å². The molecule has 1 atom stereocenters. The molecular formula is C15H24N2O2. The van der Waals surface area contributed by atoms with E-state index in [9.17, 15) is 0 Å². The lowest BCUT2D eigenvalue weighted by atomic mass is 10.2. The molecule has 0 aromatic heterocycles. The summed E-state index contributed by atoms with van der Waals surface area (Å²) in [4.78, 5) is 2.48. The van der Waals surface area contributed by atoms with Gasteiger partial charge in [0.05, 0.1) is 13.2 Å². The third-order valence-electron chi connectivity index (χ3n) is 3.46. The van der Waals surface area contributed by atoms with Gasteiger partial charge in [0.25, 0.3) is 0 Å². The van der Waals surface area contributed by atoms with Gasteiger partial charge in [0.15, 0.2) is 11.5 Å². The van der Waals surface area contributed by atoms with Crippen molar-refractivity contribution >= 4 is 0 Å². The summed E-state index contributed by atoms with van der Waals surface area (Å²) >= 11 is 0. The molecule has 0 saturated carbocycles. The minimum Gasteiger partial charge on any atom is -0.493 e. The number of ether oxygens (including phenoxy) is 2. The fraction of sp³-hybridized carbons (Fsp3) is 0.600. The molecular weight excluding hydrogens is 240 g/mol. The number of nitrogens with zero attached hydrogens (tertiary/aromatic N) is 1. The molecule has 1 aliphatic heterocycles. The minimum atomic E-state index is 0.200. The first-order chi connectivity index (χ1) is 9.29. The van der Waals surface area contributed by atoms with Gasteiger partial charge in [0.2, 0.25) is 0 Å². The minimum absolute atomic E-state index is 0.200. The van der Waals surface area contributed by atoms with E-state index in [1.54, 1.807) is 7.11 Å². The molecule has 2 rings (SSSR count). The van der Waals surface area contributed by atoms with Gasteiger partial charge < -0.3 is 19.7 Å². The van der Waals surface area contributed by atoms with Crippen molar-refractivity contribution in [3.63, 3.8) is 0 Å². The lowest BCUT2D eigenvalue weighted by Crippen LogP contribution is -2.44. The molecule has 0 bridgehead atoms. The van der Waals surface area contributed by atoms with E-state index in [0.717, 1.165) is 50.6 Å². The zero-order chi connectivity index (χ0) is 13.5. The molecule has 0 amide bonds. The van der Waals surface area contributed by atoms with Crippen LogP contribution < -0.4 is 14.8 Å². The molecule has 19 heavy (non-hydrogen) atoms. The summed E-state index contributed by atoms with van der Waals surface area (Å²) in [5.74, 6) is 1.63. The second kappa shape index (κ2) is 7.36. The van der Waals surface area contributed by atoms with E-state index in [1.165, 1.54) is 0 Å². The van der Waals surface area contributed by atoms with Crippen molar-refractivity contribution in [1.29, 1.82) is 0 Å². The summed E-state index contributed by atoms with van der Waals surface area (Å²) < 4.78 is 11.3. The molecule has 0 aliphatic carbocycles. The molecule has 0 radical (unpaired) electrons. The second-order valence-electron chi connectivity index (χ2n) is 4.96. The maximum atomic E-state index is 5.96. The first-order valence-corrected chi connectivity index (χ1v) is 7.02. The first-order valence-electron chi connectivity index (χ1n) is 7.02. The number of para-hydroxylation sites is 2. The average Bonchev–Trinajstić information content (AvgIpc) is 2.47. The lowest BCUT2D eigenvalue weighted by Gasteiger charge is -2.28. The SMILES string of the molecule is COc1ccccc1OC(C)CCN1CCNCC1. The maximum Gasteiger partial charge on any atom is 0.161 e. The summed E-state index contributed by atoms with van der Waals surface area (Å²) in [7, 11) is 1.67. The molecule has 4 heteroatoms. The van der Waals surface area contributed by atoms with E-state index in [4.69, 9.17) is 9.47 Å². The Balaban J connectivity index is 1.78. The molecule has 106 valence electrons. The highest BCUT2D eigenvalue weighted by Crippen LogP contribution is 2.27. The van der Waals surface area contributed by atoms with Crippen molar-refractivity contribution in [3.05, 3.63) is 24.3 Å². The third-order valence-corrected chi connectivity index (χ3v) is 3.46. The number of piperazine rings is 1. The highest BCUT2D eigenvalue weighted by atomic mass is 16.5. The Kier molecular flexibility index (Phi) is 5.48. The van der Waals surface area contributed by atoms with Crippen LogP contribution in [0.15, 0.2) is 24.3 Å². The van der Waals surface area contributed by atoms with Crippen molar-refractivity contribution in [2.45, 2.75) is 19.4 Å². The standard InChI is InChI=1S/C15H24N2O2/c1-13(7-10-17-11-8-16-9-12-17)19-15-6-4-3-5-14(15)18-2/h3-6,13,16H,7-12H2,1-2H3. The number of benzene rings is 1. The Bertz CT molecular complexity index is 378. The number of hydrogen-bond acceptors (Lipinski definition) is 4. The summed E-state index contributed by atoms with van der Waals surface area (Å²) in [5.41, 5.74) is 0. The van der Waals surface area contributed by atoms with Gasteiger partial charge in [-0.05, 0) is 25.5 Å². The average molecular weight is 264 g/mol. The number of rotatable bonds is 6. The van der Waals surface area contributed by atoms with Crippen LogP contribution in [0.25, 0.3) is 0 Å². The van der Waals surface area contributed by atoms with Crippen LogP contribution in [0.5, 0.6) is 11.5 Å². The number of methoxy groups -OCH3 is 1. The van der Waals surface area contributed by atoms with Crippen LogP contribution in [-0.2, 0) is 0 Å². The molecule has 1 N–H and O–H groups in total. The molecule has 0 spiro atoms. The van der Waals surface area contributed by atoms with Crippen LogP contribution in [0.2, 0.25) is 0 Å². The van der Waals surface area contributed by atoms with E-state index in [0.29, 0.717) is 0 Å². The second-order valence-corrected chi connectivity index (χ2v) is 4.96. The Morgan fingerprint density at radius 1 is 1.21 bits per heavy atom. The molecule has 1 heterocycles. The van der Waals surface area contributed by atoms with Crippen LogP contribution in [0.4, 0.5) is 0 Å². The summed E-state index contributed by atoms with van der Waals surface area (Å²) in [6.45, 7) is 7.69. The van der Waals surface area contributed by atoms with Gasteiger partial charge in [-0.3, -0.25) is 0 Å². The van der Waals surface area contributed by atoms with Crippen molar-refractivity contribution in [3.8, 4) is 11.5 Å². The Morgan fingerprint density at radius 2 is 1.89 bits per heavy atom. The van der Waals surface area contributed by atoms with Crippen LogP contribution in [0.3, 0.4) is 0 Å². The monoisotopic (exact) mass is 264 g/mol. The van der Waals surface area contributed by atoms with Crippen molar-refractivity contribution < 1.29 is 9.47 Å². The van der Waals surface area contributed by atoms with Crippen molar-refractivity contribution in [2.75, 3.05) is 39.8 Å². The highest BCUT2D eigenvalue weighted by molar-refractivity contribution is 5.39. The lowest BCUT2D eigenvalue weighted by molar-refractivity contribution is 0.163. The molecule has 4 nitrogen and oxygen atoms in total. The van der Waals surface area contributed by atoms with Crippen LogP contribution in [-0.4, -0.2) is 50.8 Å². The molecule has 1 saturated heterocycles. The van der Waals surface area contributed by atoms with E-state index in [2.05, 4.69) is 17.1 Å². The largest absolute Gasteiger partial charge is 0.493 e. The molecule has 1 aromatic rings. The van der Waals surface area contributed by atoms with Gasteiger partial charge in [-0.1, -0.05) is 12.1 Å². The van der Waals surface area contributed by atoms with E-state index >= 15 is 0 Å². The van der Waals surface area contributed by atoms with Crippen LogP contribution in [0.1, 0.15) is 13.3 Å². The fourth-order valence-corrected chi connectivity index (χ4v) is 2.29. The Morgan fingerprint density at radius 3 is 2.58 bits per heavy atom. The van der Waals surface area contributed by atoms with Gasteiger partial charge in [0, 0.05) is 32.7 Å². The fourth-order valence-electron chi connectivity index (χ4n) is 2.29. The van der Waals surface area contributed by atoms with Crippen molar-refractivity contribution in [2.24, 2.45) is 0 Å². The van der Waals surface area contributed by atoms with E-state index in [-0.39, 0.29) is 6.10 Å². The number of nitrogens with one attached hydrogen (secondary N) is 1. The normalized spacial score (nSPS) is 18.0. The van der Waals surface area contributed by atoms with Crippen LogP contribution in [0, 0.1) is 0 Å². The highest BCUT2D eigenvalue weighted by Gasteiger charge is 2.13. The predicted molar refractivity (Wildman–Crippen MR) is 77.0 cm³/mol. The van der Waals surface area contributed by atoms with Crippen molar-refractivity contribution in [1.82, 2.24) is 10.2 Å². The molecule has 1 aliphatic rings. The Labute approximate surface area is 115 Å². The van der Waals surface area contributed by atoms with Gasteiger partial charge in [0.1, 0.15) is 0 Å². The summed E-state index contributed by atoms with van der Waals surface area (Å²) in [5, 5.41) is 3.37. The van der Waals surface area contributed by atoms with E-state index < -0.39 is 0 Å². The predicted octanol–water partition coefficient (Wildman–Crippen LogP) is 1.76. The zero-order valence-electron chi connectivity index (χ0n) is 11.9. The van der Waals surface area contributed by atoms with Crippen LogP contribution >= 0.6 is 0 Å². The van der Waals surface area contributed by atoms with Gasteiger partial charge >= 0.3 is 0 Å². The molecule has 1 aromatic carbocycles. The molecule has 1 fully saturated rings. The summed E-state index contributed by atoms with van der Waals surface area (Å²) in [6.07, 6.45) is 1.24. The third kappa shape index (κ3) is 4.40. The van der Waals surface area contributed by atoms with Gasteiger partial charge in [-0.25, -0.2) is 0 Å². The Hall–Kier alpha value is -1.26. The maximum absolute atomic E-state index is 5.96. The first kappa shape index (κ1) is 14.2. The summed E-state index contributed by atoms with van der Waals surface area (Å²) in [6, 6.07) is 7.82. The van der Waals surface area contributed by atoms with Gasteiger partial charge in [-0.15, -0.1) is 0 Å². The quantitative estimate of drug-likeness (QED) is 0.849. The van der Waals surface area contributed by atoms with Gasteiger partial charge in [-0.2, -0.15) is 0 Å². The molecule has 1 unspecified atom stereocenters.